The van der Waals surface area contributed by atoms with E-state index in [1.54, 1.807) is 0 Å². The smallest absolute Gasteiger partial charge is 0.176 e. The topological polar surface area (TPSA) is 33.7 Å². The molecular weight excluding hydrogens is 315 g/mol. The van der Waals surface area contributed by atoms with E-state index in [1.165, 1.54) is 6.07 Å². The van der Waals surface area contributed by atoms with Gasteiger partial charge >= 0.3 is 0 Å². The molecule has 2 aliphatic heterocycles. The van der Waals surface area contributed by atoms with Gasteiger partial charge in [0.15, 0.2) is 11.5 Å². The van der Waals surface area contributed by atoms with Crippen LogP contribution in [0.25, 0.3) is 0 Å². The molecule has 1 aromatic carbocycles. The molecule has 0 radical (unpaired) electrons. The molecule has 3 rings (SSSR count). The zero-order valence-corrected chi connectivity index (χ0v) is 12.1. The Bertz CT molecular complexity index is 478. The summed E-state index contributed by atoms with van der Waals surface area (Å²) in [5.74, 6) is 0.868. The molecule has 0 unspecified atom stereocenters. The molecule has 1 saturated heterocycles. The van der Waals surface area contributed by atoms with Crippen LogP contribution in [0.15, 0.2) is 10.5 Å². The summed E-state index contributed by atoms with van der Waals surface area (Å²) in [7, 11) is 0. The number of benzene rings is 1. The monoisotopic (exact) mass is 330 g/mol. The van der Waals surface area contributed by atoms with E-state index in [0.29, 0.717) is 41.3 Å². The van der Waals surface area contributed by atoms with Crippen LogP contribution >= 0.6 is 15.9 Å². The van der Waals surface area contributed by atoms with Gasteiger partial charge in [-0.05, 0) is 15.9 Å². The van der Waals surface area contributed by atoms with Gasteiger partial charge in [-0.25, -0.2) is 4.39 Å². The number of nitrogens with one attached hydrogen (secondary N) is 1. The molecule has 2 heterocycles. The molecule has 1 aromatic rings. The van der Waals surface area contributed by atoms with E-state index in [0.717, 1.165) is 26.2 Å². The first-order valence-electron chi connectivity index (χ1n) is 6.45. The second kappa shape index (κ2) is 5.64. The summed E-state index contributed by atoms with van der Waals surface area (Å²) in [6, 6.07) is 1.43. The zero-order valence-electron chi connectivity index (χ0n) is 10.5. The van der Waals surface area contributed by atoms with Crippen LogP contribution in [0.1, 0.15) is 5.56 Å². The Hall–Kier alpha value is -0.850. The van der Waals surface area contributed by atoms with Gasteiger partial charge in [-0.2, -0.15) is 0 Å². The average molecular weight is 331 g/mol. The number of rotatable bonds is 2. The second-order valence-corrected chi connectivity index (χ2v) is 5.49. The van der Waals surface area contributed by atoms with Crippen LogP contribution in [-0.2, 0) is 6.54 Å². The molecule has 0 bridgehead atoms. The molecule has 0 atom stereocenters. The first-order chi connectivity index (χ1) is 9.25. The van der Waals surface area contributed by atoms with Crippen molar-refractivity contribution in [3.05, 3.63) is 21.9 Å². The molecule has 19 heavy (non-hydrogen) atoms. The van der Waals surface area contributed by atoms with Gasteiger partial charge in [0.1, 0.15) is 19.0 Å². The quantitative estimate of drug-likeness (QED) is 0.896. The second-order valence-electron chi connectivity index (χ2n) is 4.70. The molecule has 0 aliphatic carbocycles. The fourth-order valence-corrected chi connectivity index (χ4v) is 3.02. The maximum atomic E-state index is 14.2. The van der Waals surface area contributed by atoms with Crippen LogP contribution < -0.4 is 14.8 Å². The fraction of sp³-hybridized carbons (Fsp3) is 0.538. The lowest BCUT2D eigenvalue weighted by atomic mass is 10.1. The number of hydrogen-bond donors (Lipinski definition) is 1. The molecule has 2 aliphatic rings. The number of hydrogen-bond acceptors (Lipinski definition) is 4. The van der Waals surface area contributed by atoms with Crippen LogP contribution in [-0.4, -0.2) is 44.3 Å². The van der Waals surface area contributed by atoms with E-state index in [-0.39, 0.29) is 5.82 Å². The first kappa shape index (κ1) is 13.1. The van der Waals surface area contributed by atoms with Crippen molar-refractivity contribution in [3.63, 3.8) is 0 Å². The largest absolute Gasteiger partial charge is 0.486 e. The SMILES string of the molecule is Fc1cc2c(c(Br)c1CN1CCNCC1)OCCO2. The van der Waals surface area contributed by atoms with Gasteiger partial charge in [0, 0.05) is 44.4 Å². The van der Waals surface area contributed by atoms with Gasteiger partial charge < -0.3 is 14.8 Å². The molecule has 0 spiro atoms. The highest BCUT2D eigenvalue weighted by atomic mass is 79.9. The summed E-state index contributed by atoms with van der Waals surface area (Å²) >= 11 is 3.46. The van der Waals surface area contributed by atoms with Gasteiger partial charge in [0.2, 0.25) is 0 Å². The Labute approximate surface area is 120 Å². The third-order valence-corrected chi connectivity index (χ3v) is 4.25. The van der Waals surface area contributed by atoms with E-state index in [9.17, 15) is 4.39 Å². The van der Waals surface area contributed by atoms with Crippen molar-refractivity contribution in [2.75, 3.05) is 39.4 Å². The molecule has 4 nitrogen and oxygen atoms in total. The number of ether oxygens (including phenoxy) is 2. The molecular formula is C13H16BrFN2O2. The zero-order chi connectivity index (χ0) is 13.2. The maximum absolute atomic E-state index is 14.2. The van der Waals surface area contributed by atoms with Crippen LogP contribution in [0.3, 0.4) is 0 Å². The highest BCUT2D eigenvalue weighted by Gasteiger charge is 2.23. The van der Waals surface area contributed by atoms with Crippen molar-refractivity contribution < 1.29 is 13.9 Å². The molecule has 104 valence electrons. The number of nitrogens with zero attached hydrogens (tertiary/aromatic N) is 1. The summed E-state index contributed by atoms with van der Waals surface area (Å²) in [5.41, 5.74) is 0.645. The standard InChI is InChI=1S/C13H16BrFN2O2/c14-12-9(8-17-3-1-16-2-4-17)10(15)7-11-13(12)19-6-5-18-11/h7,16H,1-6,8H2. The summed E-state index contributed by atoms with van der Waals surface area (Å²) in [5, 5.41) is 3.29. The van der Waals surface area contributed by atoms with Crippen LogP contribution in [0, 0.1) is 5.82 Å². The number of halogens is 2. The predicted octanol–water partition coefficient (Wildman–Crippen LogP) is 1.76. The van der Waals surface area contributed by atoms with Crippen molar-refractivity contribution >= 4 is 15.9 Å². The van der Waals surface area contributed by atoms with E-state index < -0.39 is 0 Å². The lowest BCUT2D eigenvalue weighted by molar-refractivity contribution is 0.168. The number of fused-ring (bicyclic) bond motifs is 1. The average Bonchev–Trinajstić information content (AvgIpc) is 2.45. The third kappa shape index (κ3) is 2.70. The summed E-state index contributed by atoms with van der Waals surface area (Å²) in [6.45, 7) is 5.32. The van der Waals surface area contributed by atoms with Crippen LogP contribution in [0.2, 0.25) is 0 Å². The van der Waals surface area contributed by atoms with E-state index >= 15 is 0 Å². The number of piperazine rings is 1. The Morgan fingerprint density at radius 3 is 2.79 bits per heavy atom. The van der Waals surface area contributed by atoms with Crippen molar-refractivity contribution in [2.24, 2.45) is 0 Å². The van der Waals surface area contributed by atoms with Crippen molar-refractivity contribution in [1.82, 2.24) is 10.2 Å². The Kier molecular flexibility index (Phi) is 3.91. The van der Waals surface area contributed by atoms with Gasteiger partial charge in [-0.3, -0.25) is 4.90 Å². The fourth-order valence-electron chi connectivity index (χ4n) is 2.39. The van der Waals surface area contributed by atoms with Gasteiger partial charge in [0.25, 0.3) is 0 Å². The van der Waals surface area contributed by atoms with E-state index in [2.05, 4.69) is 26.1 Å². The molecule has 0 aromatic heterocycles. The molecule has 1 N–H and O–H groups in total. The third-order valence-electron chi connectivity index (χ3n) is 3.41. The van der Waals surface area contributed by atoms with E-state index in [1.807, 2.05) is 0 Å². The summed E-state index contributed by atoms with van der Waals surface area (Å²) in [6.07, 6.45) is 0. The van der Waals surface area contributed by atoms with Crippen LogP contribution in [0.5, 0.6) is 11.5 Å². The van der Waals surface area contributed by atoms with Crippen molar-refractivity contribution in [1.29, 1.82) is 0 Å². The molecule has 1 fully saturated rings. The molecule has 0 amide bonds. The minimum Gasteiger partial charge on any atom is -0.486 e. The summed E-state index contributed by atoms with van der Waals surface area (Å²) in [4.78, 5) is 2.23. The first-order valence-corrected chi connectivity index (χ1v) is 7.24. The van der Waals surface area contributed by atoms with Gasteiger partial charge in [-0.1, -0.05) is 0 Å². The van der Waals surface area contributed by atoms with Gasteiger partial charge in [-0.15, -0.1) is 0 Å². The minimum atomic E-state index is -0.241. The van der Waals surface area contributed by atoms with Crippen LogP contribution in [0.4, 0.5) is 4.39 Å². The predicted molar refractivity (Wildman–Crippen MR) is 73.2 cm³/mol. The van der Waals surface area contributed by atoms with Crippen molar-refractivity contribution in [3.8, 4) is 11.5 Å². The molecule has 6 heteroatoms. The Balaban J connectivity index is 1.87. The van der Waals surface area contributed by atoms with Gasteiger partial charge in [0.05, 0.1) is 4.47 Å². The highest BCUT2D eigenvalue weighted by Crippen LogP contribution is 2.41. The Morgan fingerprint density at radius 2 is 2.00 bits per heavy atom. The summed E-state index contributed by atoms with van der Waals surface area (Å²) < 4.78 is 25.8. The lowest BCUT2D eigenvalue weighted by Gasteiger charge is -2.28. The maximum Gasteiger partial charge on any atom is 0.176 e. The Morgan fingerprint density at radius 1 is 1.26 bits per heavy atom. The normalized spacial score (nSPS) is 19.5. The minimum absolute atomic E-state index is 0.241. The molecule has 0 saturated carbocycles. The lowest BCUT2D eigenvalue weighted by Crippen LogP contribution is -2.43. The van der Waals surface area contributed by atoms with E-state index in [4.69, 9.17) is 9.47 Å². The van der Waals surface area contributed by atoms with Crippen molar-refractivity contribution in [2.45, 2.75) is 6.54 Å². The highest BCUT2D eigenvalue weighted by molar-refractivity contribution is 9.10.